The summed E-state index contributed by atoms with van der Waals surface area (Å²) in [5, 5.41) is 14.8. The molecule has 0 saturated heterocycles. The normalized spacial score (nSPS) is 13.6. The average Bonchev–Trinajstić information content (AvgIpc) is 3.05. The van der Waals surface area contributed by atoms with Crippen molar-refractivity contribution >= 4 is 39.8 Å². The summed E-state index contributed by atoms with van der Waals surface area (Å²) < 4.78 is 5.41. The third kappa shape index (κ3) is 4.81. The molecule has 0 saturated carbocycles. The number of nitriles is 1. The van der Waals surface area contributed by atoms with Crippen molar-refractivity contribution in [2.45, 2.75) is 45.6 Å². The van der Waals surface area contributed by atoms with Crippen LogP contribution >= 0.6 is 11.3 Å². The predicted molar refractivity (Wildman–Crippen MR) is 110 cm³/mol. The standard InChI is InChI=1S/C21H21N3O4S/c1-12(19(26)24-15-7-5-6-14(10-15)11-22)28-21(27)18-16-8-3-4-9-17(16)29-20(18)23-13(2)25/h5-7,10,12H,3-4,8-9H2,1-2H3,(H,23,25)(H,24,26)/t12-/m0/s1. The first-order valence-electron chi connectivity index (χ1n) is 9.33. The molecule has 0 fully saturated rings. The molecule has 1 aliphatic carbocycles. The highest BCUT2D eigenvalue weighted by atomic mass is 32.1. The number of hydrogen-bond donors (Lipinski definition) is 2. The first-order valence-corrected chi connectivity index (χ1v) is 10.1. The number of carbonyl (C=O) groups excluding carboxylic acids is 3. The van der Waals surface area contributed by atoms with E-state index < -0.39 is 18.0 Å². The number of amides is 2. The first-order chi connectivity index (χ1) is 13.9. The number of hydrogen-bond acceptors (Lipinski definition) is 6. The molecule has 0 unspecified atom stereocenters. The number of esters is 1. The van der Waals surface area contributed by atoms with E-state index >= 15 is 0 Å². The van der Waals surface area contributed by atoms with Crippen LogP contribution in [0.15, 0.2) is 24.3 Å². The number of aryl methyl sites for hydroxylation is 1. The lowest BCUT2D eigenvalue weighted by Gasteiger charge is -2.16. The van der Waals surface area contributed by atoms with Gasteiger partial charge in [0.15, 0.2) is 6.10 Å². The second-order valence-corrected chi connectivity index (χ2v) is 7.93. The van der Waals surface area contributed by atoms with Crippen molar-refractivity contribution in [1.29, 1.82) is 5.26 Å². The molecular weight excluding hydrogens is 390 g/mol. The van der Waals surface area contributed by atoms with E-state index in [2.05, 4.69) is 10.6 Å². The molecular formula is C21H21N3O4S. The van der Waals surface area contributed by atoms with Gasteiger partial charge in [0.05, 0.1) is 17.2 Å². The molecule has 1 aromatic heterocycles. The number of thiophene rings is 1. The largest absolute Gasteiger partial charge is 0.449 e. The maximum absolute atomic E-state index is 12.9. The maximum Gasteiger partial charge on any atom is 0.342 e. The zero-order valence-corrected chi connectivity index (χ0v) is 17.0. The molecule has 0 radical (unpaired) electrons. The number of nitrogens with one attached hydrogen (secondary N) is 2. The molecule has 150 valence electrons. The molecule has 3 rings (SSSR count). The predicted octanol–water partition coefficient (Wildman–Crippen LogP) is 3.64. The van der Waals surface area contributed by atoms with Crippen molar-refractivity contribution in [3.63, 3.8) is 0 Å². The van der Waals surface area contributed by atoms with Crippen molar-refractivity contribution in [2.24, 2.45) is 0 Å². The highest BCUT2D eigenvalue weighted by molar-refractivity contribution is 7.17. The van der Waals surface area contributed by atoms with E-state index in [0.29, 0.717) is 21.8 Å². The van der Waals surface area contributed by atoms with E-state index in [0.717, 1.165) is 36.1 Å². The third-order valence-corrected chi connectivity index (χ3v) is 5.78. The summed E-state index contributed by atoms with van der Waals surface area (Å²) in [6, 6.07) is 8.47. The minimum absolute atomic E-state index is 0.263. The van der Waals surface area contributed by atoms with Crippen molar-refractivity contribution < 1.29 is 19.1 Å². The van der Waals surface area contributed by atoms with Crippen LogP contribution in [-0.4, -0.2) is 23.9 Å². The molecule has 29 heavy (non-hydrogen) atoms. The summed E-state index contributed by atoms with van der Waals surface area (Å²) in [5.41, 5.74) is 2.12. The van der Waals surface area contributed by atoms with Gasteiger partial charge in [0.2, 0.25) is 5.91 Å². The lowest BCUT2D eigenvalue weighted by molar-refractivity contribution is -0.123. The summed E-state index contributed by atoms with van der Waals surface area (Å²) >= 11 is 1.40. The van der Waals surface area contributed by atoms with Crippen LogP contribution in [0.5, 0.6) is 0 Å². The Kier molecular flexibility index (Phi) is 6.29. The molecule has 1 aliphatic rings. The van der Waals surface area contributed by atoms with Crippen LogP contribution in [0.3, 0.4) is 0 Å². The van der Waals surface area contributed by atoms with E-state index in [-0.39, 0.29) is 5.91 Å². The summed E-state index contributed by atoms with van der Waals surface area (Å²) in [6.45, 7) is 2.87. The fourth-order valence-electron chi connectivity index (χ4n) is 3.21. The van der Waals surface area contributed by atoms with Crippen molar-refractivity contribution in [2.75, 3.05) is 10.6 Å². The van der Waals surface area contributed by atoms with Crippen molar-refractivity contribution in [3.05, 3.63) is 45.8 Å². The van der Waals surface area contributed by atoms with Gasteiger partial charge in [0.25, 0.3) is 5.91 Å². The lowest BCUT2D eigenvalue weighted by atomic mass is 9.95. The minimum atomic E-state index is -1.04. The number of fused-ring (bicyclic) bond motifs is 1. The van der Waals surface area contributed by atoms with Crippen LogP contribution in [-0.2, 0) is 27.2 Å². The Balaban J connectivity index is 1.75. The number of carbonyl (C=O) groups is 3. The highest BCUT2D eigenvalue weighted by Gasteiger charge is 2.29. The van der Waals surface area contributed by atoms with Crippen molar-refractivity contribution in [1.82, 2.24) is 0 Å². The van der Waals surface area contributed by atoms with Crippen LogP contribution in [0.1, 0.15) is 53.1 Å². The van der Waals surface area contributed by atoms with Gasteiger partial charge in [-0.05, 0) is 56.4 Å². The molecule has 2 aromatic rings. The van der Waals surface area contributed by atoms with Gasteiger partial charge in [-0.15, -0.1) is 11.3 Å². The first kappa shape index (κ1) is 20.6. The quantitative estimate of drug-likeness (QED) is 0.730. The SMILES string of the molecule is CC(=O)Nc1sc2c(c1C(=O)O[C@@H](C)C(=O)Nc1cccc(C#N)c1)CCCC2. The summed E-state index contributed by atoms with van der Waals surface area (Å²) in [4.78, 5) is 37.9. The number of rotatable bonds is 5. The van der Waals surface area contributed by atoms with Gasteiger partial charge in [-0.2, -0.15) is 5.26 Å². The van der Waals surface area contributed by atoms with Gasteiger partial charge >= 0.3 is 5.97 Å². The van der Waals surface area contributed by atoms with Crippen LogP contribution in [0.4, 0.5) is 10.7 Å². The van der Waals surface area contributed by atoms with Gasteiger partial charge < -0.3 is 15.4 Å². The third-order valence-electron chi connectivity index (χ3n) is 4.58. The molecule has 0 bridgehead atoms. The van der Waals surface area contributed by atoms with E-state index in [9.17, 15) is 14.4 Å². The molecule has 0 spiro atoms. The molecule has 2 amide bonds. The van der Waals surface area contributed by atoms with Gasteiger partial charge in [-0.3, -0.25) is 9.59 Å². The monoisotopic (exact) mass is 411 g/mol. The number of nitrogens with zero attached hydrogens (tertiary/aromatic N) is 1. The fraction of sp³-hybridized carbons (Fsp3) is 0.333. The van der Waals surface area contributed by atoms with Gasteiger partial charge in [0.1, 0.15) is 5.00 Å². The summed E-state index contributed by atoms with van der Waals surface area (Å²) in [7, 11) is 0. The maximum atomic E-state index is 12.9. The average molecular weight is 411 g/mol. The topological polar surface area (TPSA) is 108 Å². The Labute approximate surface area is 172 Å². The second kappa shape index (κ2) is 8.88. The molecule has 1 heterocycles. The number of anilines is 2. The Hall–Kier alpha value is -3.18. The van der Waals surface area contributed by atoms with E-state index in [1.165, 1.54) is 31.3 Å². The Morgan fingerprint density at radius 1 is 1.21 bits per heavy atom. The van der Waals surface area contributed by atoms with Crippen LogP contribution in [0.25, 0.3) is 0 Å². The van der Waals surface area contributed by atoms with Gasteiger partial charge in [-0.25, -0.2) is 4.79 Å². The van der Waals surface area contributed by atoms with E-state index in [1.54, 1.807) is 18.2 Å². The number of benzene rings is 1. The fourth-order valence-corrected chi connectivity index (χ4v) is 4.54. The summed E-state index contributed by atoms with van der Waals surface area (Å²) in [5.74, 6) is -1.39. The Morgan fingerprint density at radius 2 is 1.97 bits per heavy atom. The lowest BCUT2D eigenvalue weighted by Crippen LogP contribution is -2.30. The number of ether oxygens (including phenoxy) is 1. The zero-order valence-electron chi connectivity index (χ0n) is 16.2. The molecule has 8 heteroatoms. The van der Waals surface area contributed by atoms with Crippen molar-refractivity contribution in [3.8, 4) is 6.07 Å². The Morgan fingerprint density at radius 3 is 2.69 bits per heavy atom. The van der Waals surface area contributed by atoms with Gasteiger partial charge in [0, 0.05) is 17.5 Å². The zero-order chi connectivity index (χ0) is 21.0. The van der Waals surface area contributed by atoms with E-state index in [4.69, 9.17) is 10.00 Å². The molecule has 1 aromatic carbocycles. The minimum Gasteiger partial charge on any atom is -0.449 e. The van der Waals surface area contributed by atoms with Crippen LogP contribution in [0, 0.1) is 11.3 Å². The second-order valence-electron chi connectivity index (χ2n) is 6.83. The highest BCUT2D eigenvalue weighted by Crippen LogP contribution is 2.38. The molecule has 7 nitrogen and oxygen atoms in total. The van der Waals surface area contributed by atoms with Crippen LogP contribution < -0.4 is 10.6 Å². The molecule has 2 N–H and O–H groups in total. The molecule has 0 aliphatic heterocycles. The van der Waals surface area contributed by atoms with E-state index in [1.807, 2.05) is 6.07 Å². The Bertz CT molecular complexity index is 1010. The van der Waals surface area contributed by atoms with Crippen LogP contribution in [0.2, 0.25) is 0 Å². The van der Waals surface area contributed by atoms with Gasteiger partial charge in [-0.1, -0.05) is 6.07 Å². The smallest absolute Gasteiger partial charge is 0.342 e. The molecule has 1 atom stereocenters. The summed E-state index contributed by atoms with van der Waals surface area (Å²) in [6.07, 6.45) is 2.58.